The second kappa shape index (κ2) is 6.87. The Labute approximate surface area is 179 Å². The summed E-state index contributed by atoms with van der Waals surface area (Å²) < 4.78 is 2.04. The first-order valence-corrected chi connectivity index (χ1v) is 10.6. The van der Waals surface area contributed by atoms with Gasteiger partial charge in [-0.25, -0.2) is 19.6 Å². The van der Waals surface area contributed by atoms with E-state index in [9.17, 15) is 0 Å². The Kier molecular flexibility index (Phi) is 3.99. The summed E-state index contributed by atoms with van der Waals surface area (Å²) in [5.41, 5.74) is 13.1. The fourth-order valence-electron chi connectivity index (χ4n) is 4.39. The number of rotatable bonds is 3. The van der Waals surface area contributed by atoms with Crippen LogP contribution in [0.5, 0.6) is 0 Å². The van der Waals surface area contributed by atoms with Gasteiger partial charge in [0, 0.05) is 16.5 Å². The zero-order valence-electron chi connectivity index (χ0n) is 17.3. The summed E-state index contributed by atoms with van der Waals surface area (Å²) in [6.07, 6.45) is 5.00. The average Bonchev–Trinajstić information content (AvgIpc) is 3.13. The first-order valence-electron chi connectivity index (χ1n) is 10.6. The molecular weight excluding hydrogens is 384 g/mol. The molecule has 0 saturated heterocycles. The van der Waals surface area contributed by atoms with E-state index in [-0.39, 0.29) is 0 Å². The molecule has 6 nitrogen and oxygen atoms in total. The van der Waals surface area contributed by atoms with Crippen LogP contribution in [-0.4, -0.2) is 24.7 Å². The monoisotopic (exact) mass is 406 g/mol. The van der Waals surface area contributed by atoms with Gasteiger partial charge in [0.15, 0.2) is 5.65 Å². The van der Waals surface area contributed by atoms with Crippen LogP contribution in [0.3, 0.4) is 0 Å². The Morgan fingerprint density at radius 2 is 1.81 bits per heavy atom. The maximum atomic E-state index is 6.28. The third-order valence-electron chi connectivity index (χ3n) is 6.30. The molecule has 0 unspecified atom stereocenters. The molecule has 0 radical (unpaired) electrons. The van der Waals surface area contributed by atoms with E-state index in [1.54, 1.807) is 0 Å². The Morgan fingerprint density at radius 1 is 0.968 bits per heavy atom. The summed E-state index contributed by atoms with van der Waals surface area (Å²) in [6.45, 7) is 2.13. The Hall–Kier alpha value is -3.80. The van der Waals surface area contributed by atoms with Crippen LogP contribution in [0, 0.1) is 6.92 Å². The van der Waals surface area contributed by atoms with Gasteiger partial charge in [-0.2, -0.15) is 5.10 Å². The van der Waals surface area contributed by atoms with Crippen molar-refractivity contribution in [1.29, 1.82) is 0 Å². The fourth-order valence-corrected chi connectivity index (χ4v) is 4.39. The number of nitrogen functional groups attached to an aromatic ring is 1. The first kappa shape index (κ1) is 18.0. The topological polar surface area (TPSA) is 82.5 Å². The second-order valence-corrected chi connectivity index (χ2v) is 8.26. The van der Waals surface area contributed by atoms with Gasteiger partial charge in [-0.1, -0.05) is 42.5 Å². The summed E-state index contributed by atoms with van der Waals surface area (Å²) in [5.74, 6) is 0.466. The van der Waals surface area contributed by atoms with Crippen LogP contribution in [0.25, 0.3) is 44.5 Å². The zero-order valence-corrected chi connectivity index (χ0v) is 17.3. The molecule has 0 bridgehead atoms. The number of fused-ring (bicyclic) bond motifs is 2. The molecule has 0 atom stereocenters. The maximum Gasteiger partial charge on any atom is 0.164 e. The number of nitrogens with zero attached hydrogens (tertiary/aromatic N) is 5. The van der Waals surface area contributed by atoms with Crippen molar-refractivity contribution < 1.29 is 0 Å². The predicted octanol–water partition coefficient (Wildman–Crippen LogP) is 5.32. The largest absolute Gasteiger partial charge is 0.383 e. The highest BCUT2D eigenvalue weighted by Gasteiger charge is 2.26. The Morgan fingerprint density at radius 3 is 2.58 bits per heavy atom. The minimum absolute atomic E-state index is 0.385. The number of aryl methyl sites for hydroxylation is 1. The molecule has 1 fully saturated rings. The minimum atomic E-state index is 0.385. The van der Waals surface area contributed by atoms with Crippen LogP contribution >= 0.6 is 0 Å². The molecule has 1 saturated carbocycles. The standard InChI is InChI=1S/C25H22N6/c1-15-12-20(16-6-3-2-4-7-16)29-21-13-17(10-11-19(15)21)23-22-24(26)27-14-28-25(22)31(30-23)18-8-5-9-18/h2-4,6-7,10-14,18H,5,8-9H2,1H3,(H2,26,27,28). The third-order valence-corrected chi connectivity index (χ3v) is 6.30. The third kappa shape index (κ3) is 2.86. The van der Waals surface area contributed by atoms with Gasteiger partial charge in [-0.05, 0) is 43.9 Å². The van der Waals surface area contributed by atoms with Crippen molar-refractivity contribution in [3.8, 4) is 22.5 Å². The van der Waals surface area contributed by atoms with Crippen molar-refractivity contribution in [1.82, 2.24) is 24.7 Å². The molecule has 1 aliphatic rings. The summed E-state index contributed by atoms with van der Waals surface area (Å²) >= 11 is 0. The lowest BCUT2D eigenvalue weighted by Crippen LogP contribution is -2.18. The van der Waals surface area contributed by atoms with Gasteiger partial charge < -0.3 is 5.73 Å². The van der Waals surface area contributed by atoms with Gasteiger partial charge >= 0.3 is 0 Å². The van der Waals surface area contributed by atoms with E-state index in [2.05, 4.69) is 53.3 Å². The van der Waals surface area contributed by atoms with E-state index in [1.807, 2.05) is 22.9 Å². The summed E-state index contributed by atoms with van der Waals surface area (Å²) in [6, 6.07) is 19.1. The Balaban J connectivity index is 1.56. The summed E-state index contributed by atoms with van der Waals surface area (Å²) in [7, 11) is 0. The van der Waals surface area contributed by atoms with Gasteiger partial charge in [-0.15, -0.1) is 0 Å². The van der Waals surface area contributed by atoms with Crippen molar-refractivity contribution in [2.75, 3.05) is 5.73 Å². The van der Waals surface area contributed by atoms with Crippen LogP contribution in [0.1, 0.15) is 30.9 Å². The highest BCUT2D eigenvalue weighted by Crippen LogP contribution is 2.38. The highest BCUT2D eigenvalue weighted by atomic mass is 15.3. The molecule has 6 rings (SSSR count). The summed E-state index contributed by atoms with van der Waals surface area (Å²) in [5, 5.41) is 6.92. The average molecular weight is 406 g/mol. The van der Waals surface area contributed by atoms with Crippen molar-refractivity contribution in [2.45, 2.75) is 32.2 Å². The van der Waals surface area contributed by atoms with E-state index < -0.39 is 0 Å². The van der Waals surface area contributed by atoms with Crippen molar-refractivity contribution in [3.05, 3.63) is 66.5 Å². The lowest BCUT2D eigenvalue weighted by Gasteiger charge is -2.25. The molecule has 2 aromatic carbocycles. The predicted molar refractivity (Wildman–Crippen MR) is 124 cm³/mol. The van der Waals surface area contributed by atoms with Gasteiger partial charge in [-0.3, -0.25) is 0 Å². The molecule has 0 aliphatic heterocycles. The molecule has 1 aliphatic carbocycles. The quantitative estimate of drug-likeness (QED) is 0.438. The SMILES string of the molecule is Cc1cc(-c2ccccc2)nc2cc(-c3nn(C4CCC4)c4ncnc(N)c34)ccc12. The lowest BCUT2D eigenvalue weighted by molar-refractivity contribution is 0.296. The fraction of sp³-hybridized carbons (Fsp3) is 0.200. The van der Waals surface area contributed by atoms with Crippen LogP contribution in [-0.2, 0) is 0 Å². The minimum Gasteiger partial charge on any atom is -0.383 e. The van der Waals surface area contributed by atoms with E-state index >= 15 is 0 Å². The first-order chi connectivity index (χ1) is 15.2. The maximum absolute atomic E-state index is 6.28. The molecule has 3 heterocycles. The van der Waals surface area contributed by atoms with Gasteiger partial charge in [0.25, 0.3) is 0 Å². The lowest BCUT2D eigenvalue weighted by atomic mass is 9.93. The van der Waals surface area contributed by atoms with E-state index in [1.165, 1.54) is 18.3 Å². The van der Waals surface area contributed by atoms with Crippen LogP contribution in [0.15, 0.2) is 60.9 Å². The van der Waals surface area contributed by atoms with Crippen molar-refractivity contribution in [2.24, 2.45) is 0 Å². The molecule has 152 valence electrons. The molecule has 0 spiro atoms. The normalized spacial score (nSPS) is 14.2. The number of nitrogens with two attached hydrogens (primary N) is 1. The van der Waals surface area contributed by atoms with E-state index in [0.717, 1.165) is 57.3 Å². The van der Waals surface area contributed by atoms with Gasteiger partial charge in [0.05, 0.1) is 22.6 Å². The molecule has 3 aromatic heterocycles. The second-order valence-electron chi connectivity index (χ2n) is 8.26. The molecule has 2 N–H and O–H groups in total. The van der Waals surface area contributed by atoms with Crippen LogP contribution < -0.4 is 5.73 Å². The number of benzene rings is 2. The van der Waals surface area contributed by atoms with Crippen LogP contribution in [0.2, 0.25) is 0 Å². The Bertz CT molecular complexity index is 1430. The number of hydrogen-bond acceptors (Lipinski definition) is 5. The van der Waals surface area contributed by atoms with Crippen molar-refractivity contribution >= 4 is 27.8 Å². The number of anilines is 1. The van der Waals surface area contributed by atoms with Gasteiger partial charge in [0.1, 0.15) is 17.8 Å². The molecule has 5 aromatic rings. The van der Waals surface area contributed by atoms with Gasteiger partial charge in [0.2, 0.25) is 0 Å². The highest BCUT2D eigenvalue weighted by molar-refractivity contribution is 6.00. The smallest absolute Gasteiger partial charge is 0.164 e. The van der Waals surface area contributed by atoms with Crippen LogP contribution in [0.4, 0.5) is 5.82 Å². The number of aromatic nitrogens is 5. The molecule has 31 heavy (non-hydrogen) atoms. The number of hydrogen-bond donors (Lipinski definition) is 1. The van der Waals surface area contributed by atoms with E-state index in [0.29, 0.717) is 11.9 Å². The number of pyridine rings is 1. The zero-order chi connectivity index (χ0) is 20.9. The molecular formula is C25H22N6. The molecule has 6 heteroatoms. The van der Waals surface area contributed by atoms with Crippen molar-refractivity contribution in [3.63, 3.8) is 0 Å². The van der Waals surface area contributed by atoms with E-state index in [4.69, 9.17) is 15.8 Å². The summed E-state index contributed by atoms with van der Waals surface area (Å²) in [4.78, 5) is 13.7. The molecule has 0 amide bonds.